The Balaban J connectivity index is 2.09. The van der Waals surface area contributed by atoms with Crippen LogP contribution in [0.25, 0.3) is 21.6 Å². The third-order valence-corrected chi connectivity index (χ3v) is 6.78. The fraction of sp³-hybridized carbons (Fsp3) is 0.250. The number of phenolic OH excluding ortho intramolecular Hbond substituents is 1. The summed E-state index contributed by atoms with van der Waals surface area (Å²) in [6.45, 7) is 4.07. The molecule has 1 heterocycles. The van der Waals surface area contributed by atoms with Crippen LogP contribution in [-0.4, -0.2) is 22.9 Å². The Labute approximate surface area is 184 Å². The highest BCUT2D eigenvalue weighted by Crippen LogP contribution is 2.66. The van der Waals surface area contributed by atoms with Crippen molar-refractivity contribution in [2.75, 3.05) is 0 Å². The van der Waals surface area contributed by atoms with Gasteiger partial charge in [0.15, 0.2) is 0 Å². The van der Waals surface area contributed by atoms with Crippen LogP contribution in [0.15, 0.2) is 48.5 Å². The molecular weight excluding hydrogens is 450 g/mol. The molecule has 1 aliphatic carbocycles. The quantitative estimate of drug-likeness (QED) is 0.388. The molecule has 0 fully saturated rings. The lowest BCUT2D eigenvalue weighted by Gasteiger charge is -2.26. The van der Waals surface area contributed by atoms with Crippen molar-refractivity contribution in [3.05, 3.63) is 75.7 Å². The molecule has 0 aliphatic heterocycles. The number of halogens is 6. The van der Waals surface area contributed by atoms with Crippen LogP contribution < -0.4 is 0 Å². The summed E-state index contributed by atoms with van der Waals surface area (Å²) < 4.78 is 89.5. The molecule has 2 aromatic carbocycles. The average Bonchev–Trinajstić information content (AvgIpc) is 3.11. The van der Waals surface area contributed by atoms with Gasteiger partial charge in [0.2, 0.25) is 0 Å². The minimum atomic E-state index is -5.62. The second-order valence-electron chi connectivity index (χ2n) is 7.87. The van der Waals surface area contributed by atoms with Gasteiger partial charge in [-0.1, -0.05) is 30.3 Å². The number of allylic oxidation sites excluding steroid dienone is 2. The van der Waals surface area contributed by atoms with Crippen molar-refractivity contribution in [3.8, 4) is 16.2 Å². The predicted octanol–water partition coefficient (Wildman–Crippen LogP) is 7.88. The number of hydrogen-bond donors (Lipinski definition) is 1. The van der Waals surface area contributed by atoms with Crippen LogP contribution in [0, 0.1) is 20.8 Å². The van der Waals surface area contributed by atoms with Gasteiger partial charge >= 0.3 is 17.8 Å². The molecular formula is C24H18F6OS. The molecule has 1 aliphatic rings. The molecule has 1 aromatic heterocycles. The fourth-order valence-corrected chi connectivity index (χ4v) is 5.25. The van der Waals surface area contributed by atoms with Crippen LogP contribution in [0.1, 0.15) is 27.1 Å². The van der Waals surface area contributed by atoms with E-state index in [-0.39, 0.29) is 27.3 Å². The van der Waals surface area contributed by atoms with Crippen LogP contribution in [0.4, 0.5) is 26.3 Å². The molecule has 0 amide bonds. The van der Waals surface area contributed by atoms with Gasteiger partial charge in [-0.15, -0.1) is 11.3 Å². The van der Waals surface area contributed by atoms with Crippen molar-refractivity contribution in [2.45, 2.75) is 38.5 Å². The number of phenols is 1. The fourth-order valence-electron chi connectivity index (χ4n) is 4.22. The van der Waals surface area contributed by atoms with E-state index < -0.39 is 34.5 Å². The van der Waals surface area contributed by atoms with E-state index in [1.807, 2.05) is 0 Å². The molecule has 1 nitrogen and oxygen atoms in total. The molecule has 0 spiro atoms. The number of rotatable bonds is 3. The summed E-state index contributed by atoms with van der Waals surface area (Å²) in [7, 11) is 0. The summed E-state index contributed by atoms with van der Waals surface area (Å²) >= 11 is 1.07. The van der Waals surface area contributed by atoms with Gasteiger partial charge in [0.05, 0.1) is 0 Å². The lowest BCUT2D eigenvalue weighted by atomic mass is 9.89. The summed E-state index contributed by atoms with van der Waals surface area (Å²) in [6, 6.07) is 12.1. The first-order chi connectivity index (χ1) is 14.8. The van der Waals surface area contributed by atoms with E-state index in [0.29, 0.717) is 10.4 Å². The molecule has 0 bridgehead atoms. The number of alkyl halides is 6. The molecule has 0 saturated heterocycles. The molecule has 0 atom stereocenters. The second-order valence-corrected chi connectivity index (χ2v) is 9.13. The highest BCUT2D eigenvalue weighted by atomic mass is 32.1. The summed E-state index contributed by atoms with van der Waals surface area (Å²) in [5.41, 5.74) is -2.86. The maximum absolute atomic E-state index is 15.1. The van der Waals surface area contributed by atoms with Gasteiger partial charge in [-0.05, 0) is 66.8 Å². The topological polar surface area (TPSA) is 20.2 Å². The number of aromatic hydroxyl groups is 1. The van der Waals surface area contributed by atoms with E-state index in [1.165, 1.54) is 26.8 Å². The van der Waals surface area contributed by atoms with Gasteiger partial charge in [0, 0.05) is 20.9 Å². The van der Waals surface area contributed by atoms with Gasteiger partial charge in [-0.25, -0.2) is 0 Å². The summed E-state index contributed by atoms with van der Waals surface area (Å²) in [4.78, 5) is 0.719. The Morgan fingerprint density at radius 2 is 1.28 bits per heavy atom. The zero-order valence-electron chi connectivity index (χ0n) is 17.2. The third kappa shape index (κ3) is 2.99. The minimum Gasteiger partial charge on any atom is -0.508 e. The van der Waals surface area contributed by atoms with E-state index in [2.05, 4.69) is 0 Å². The van der Waals surface area contributed by atoms with E-state index >= 15 is 17.6 Å². The van der Waals surface area contributed by atoms with E-state index in [4.69, 9.17) is 0 Å². The molecule has 0 unspecified atom stereocenters. The maximum atomic E-state index is 15.1. The Bertz CT molecular complexity index is 1220. The highest BCUT2D eigenvalue weighted by Gasteiger charge is 2.80. The molecule has 3 aromatic rings. The summed E-state index contributed by atoms with van der Waals surface area (Å²) in [5, 5.41) is 9.75. The standard InChI is InChI=1S/C24H18F6OS/c1-12-9-16(31)10-13(2)19(12)21-20(22(25,26)24(29,30)23(21,27)28)17-11-18(32-14(17)3)15-7-5-4-6-8-15/h4-11,31H,1-3H3. The molecule has 1 N–H and O–H groups in total. The molecule has 4 rings (SSSR count). The van der Waals surface area contributed by atoms with Crippen LogP contribution in [0.3, 0.4) is 0 Å². The van der Waals surface area contributed by atoms with E-state index in [1.54, 1.807) is 30.3 Å². The monoisotopic (exact) mass is 468 g/mol. The Kier molecular flexibility index (Phi) is 5.01. The largest absolute Gasteiger partial charge is 0.508 e. The van der Waals surface area contributed by atoms with Gasteiger partial charge in [-0.2, -0.15) is 26.3 Å². The summed E-state index contributed by atoms with van der Waals surface area (Å²) in [6.07, 6.45) is 0. The maximum Gasteiger partial charge on any atom is 0.380 e. The van der Waals surface area contributed by atoms with Crippen molar-refractivity contribution in [1.82, 2.24) is 0 Å². The molecule has 0 saturated carbocycles. The number of hydrogen-bond acceptors (Lipinski definition) is 2. The number of benzene rings is 2. The van der Waals surface area contributed by atoms with Crippen LogP contribution in [0.2, 0.25) is 0 Å². The minimum absolute atomic E-state index is 0.000611. The summed E-state index contributed by atoms with van der Waals surface area (Å²) in [5.74, 6) is -16.1. The highest BCUT2D eigenvalue weighted by molar-refractivity contribution is 7.15. The van der Waals surface area contributed by atoms with E-state index in [0.717, 1.165) is 23.5 Å². The van der Waals surface area contributed by atoms with Crippen LogP contribution in [0.5, 0.6) is 5.75 Å². The SMILES string of the molecule is Cc1cc(O)cc(C)c1C1=C(c2cc(-c3ccccc3)sc2C)C(F)(F)C(F)(F)C1(F)F. The predicted molar refractivity (Wildman–Crippen MR) is 114 cm³/mol. The van der Waals surface area contributed by atoms with Gasteiger partial charge in [0.25, 0.3) is 0 Å². The van der Waals surface area contributed by atoms with Gasteiger partial charge in [-0.3, -0.25) is 0 Å². The molecule has 8 heteroatoms. The zero-order valence-corrected chi connectivity index (χ0v) is 18.1. The van der Waals surface area contributed by atoms with Crippen molar-refractivity contribution in [1.29, 1.82) is 0 Å². The van der Waals surface area contributed by atoms with Gasteiger partial charge < -0.3 is 5.11 Å². The second kappa shape index (κ2) is 7.13. The lowest BCUT2D eigenvalue weighted by Crippen LogP contribution is -2.49. The van der Waals surface area contributed by atoms with Crippen molar-refractivity contribution < 1.29 is 31.4 Å². The van der Waals surface area contributed by atoms with Crippen molar-refractivity contribution in [3.63, 3.8) is 0 Å². The molecule has 32 heavy (non-hydrogen) atoms. The van der Waals surface area contributed by atoms with Crippen molar-refractivity contribution >= 4 is 22.5 Å². The molecule has 0 radical (unpaired) electrons. The van der Waals surface area contributed by atoms with Gasteiger partial charge in [0.1, 0.15) is 5.75 Å². The first-order valence-electron chi connectivity index (χ1n) is 9.66. The Morgan fingerprint density at radius 1 is 0.750 bits per heavy atom. The van der Waals surface area contributed by atoms with Crippen LogP contribution >= 0.6 is 11.3 Å². The zero-order chi connectivity index (χ0) is 23.6. The lowest BCUT2D eigenvalue weighted by molar-refractivity contribution is -0.254. The Hall–Kier alpha value is -2.74. The average molecular weight is 468 g/mol. The number of thiophene rings is 1. The smallest absolute Gasteiger partial charge is 0.380 e. The first kappa shape index (κ1) is 22.5. The Morgan fingerprint density at radius 3 is 1.84 bits per heavy atom. The van der Waals surface area contributed by atoms with Crippen molar-refractivity contribution in [2.24, 2.45) is 0 Å². The first-order valence-corrected chi connectivity index (χ1v) is 10.5. The van der Waals surface area contributed by atoms with E-state index in [9.17, 15) is 13.9 Å². The van der Waals surface area contributed by atoms with Crippen LogP contribution in [-0.2, 0) is 0 Å². The third-order valence-electron chi connectivity index (χ3n) is 5.68. The normalized spacial score (nSPS) is 18.9. The number of aryl methyl sites for hydroxylation is 3. The molecule has 168 valence electrons.